The SMILES string of the molecule is N#Cc1ccccc1NC(=O)c1cccc(C(=O)NCc2ccccc2Cl)c1. The van der Waals surface area contributed by atoms with E-state index in [0.717, 1.165) is 5.56 Å². The third-order valence-corrected chi connectivity index (χ3v) is 4.45. The number of benzene rings is 3. The molecule has 0 spiro atoms. The zero-order valence-electron chi connectivity index (χ0n) is 14.8. The number of nitrogens with one attached hydrogen (secondary N) is 2. The Balaban J connectivity index is 1.71. The average Bonchev–Trinajstić information content (AvgIpc) is 2.73. The maximum atomic E-state index is 12.5. The Kier molecular flexibility index (Phi) is 6.05. The molecule has 0 aliphatic carbocycles. The van der Waals surface area contributed by atoms with Gasteiger partial charge in [-0.3, -0.25) is 9.59 Å². The molecule has 0 aliphatic rings. The van der Waals surface area contributed by atoms with E-state index >= 15 is 0 Å². The number of hydrogen-bond donors (Lipinski definition) is 2. The Morgan fingerprint density at radius 3 is 2.32 bits per heavy atom. The quantitative estimate of drug-likeness (QED) is 0.678. The smallest absolute Gasteiger partial charge is 0.255 e. The first-order valence-electron chi connectivity index (χ1n) is 8.50. The summed E-state index contributed by atoms with van der Waals surface area (Å²) in [4.78, 5) is 24.9. The van der Waals surface area contributed by atoms with Crippen LogP contribution in [-0.4, -0.2) is 11.8 Å². The fourth-order valence-corrected chi connectivity index (χ4v) is 2.81. The maximum Gasteiger partial charge on any atom is 0.255 e. The van der Waals surface area contributed by atoms with Gasteiger partial charge in [0.25, 0.3) is 11.8 Å². The number of nitrogens with zero attached hydrogens (tertiary/aromatic N) is 1. The standard InChI is InChI=1S/C22H16ClN3O2/c23-19-10-3-1-7-18(19)14-25-21(27)15-8-5-9-16(12-15)22(28)26-20-11-4-2-6-17(20)13-24/h1-12H,14H2,(H,25,27)(H,26,28). The van der Waals surface area contributed by atoms with E-state index in [1.165, 1.54) is 6.07 Å². The van der Waals surface area contributed by atoms with E-state index in [1.807, 2.05) is 24.3 Å². The predicted molar refractivity (Wildman–Crippen MR) is 108 cm³/mol. The molecule has 0 saturated heterocycles. The van der Waals surface area contributed by atoms with Crippen LogP contribution in [-0.2, 0) is 6.54 Å². The van der Waals surface area contributed by atoms with Gasteiger partial charge in [-0.15, -0.1) is 0 Å². The molecule has 0 fully saturated rings. The highest BCUT2D eigenvalue weighted by molar-refractivity contribution is 6.31. The summed E-state index contributed by atoms with van der Waals surface area (Å²) in [6.07, 6.45) is 0. The highest BCUT2D eigenvalue weighted by Crippen LogP contribution is 2.17. The van der Waals surface area contributed by atoms with Gasteiger partial charge in [0.15, 0.2) is 0 Å². The lowest BCUT2D eigenvalue weighted by Crippen LogP contribution is -2.23. The van der Waals surface area contributed by atoms with Crippen LogP contribution >= 0.6 is 11.6 Å². The maximum absolute atomic E-state index is 12.5. The number of anilines is 1. The molecule has 0 atom stereocenters. The van der Waals surface area contributed by atoms with E-state index in [1.54, 1.807) is 48.5 Å². The molecule has 0 aromatic heterocycles. The minimum absolute atomic E-state index is 0.282. The van der Waals surface area contributed by atoms with Gasteiger partial charge in [0.05, 0.1) is 11.3 Å². The average molecular weight is 390 g/mol. The number of nitriles is 1. The van der Waals surface area contributed by atoms with Crippen molar-refractivity contribution in [3.63, 3.8) is 0 Å². The minimum atomic E-state index is -0.400. The van der Waals surface area contributed by atoms with Crippen LogP contribution in [0.1, 0.15) is 31.8 Å². The molecule has 0 bridgehead atoms. The number of amides is 2. The van der Waals surface area contributed by atoms with Crippen LogP contribution < -0.4 is 10.6 Å². The third kappa shape index (κ3) is 4.56. The van der Waals surface area contributed by atoms with Crippen molar-refractivity contribution in [1.29, 1.82) is 5.26 Å². The van der Waals surface area contributed by atoms with Crippen molar-refractivity contribution in [2.45, 2.75) is 6.54 Å². The van der Waals surface area contributed by atoms with Gasteiger partial charge in [0.2, 0.25) is 0 Å². The van der Waals surface area contributed by atoms with Gasteiger partial charge in [0, 0.05) is 22.7 Å². The molecule has 0 heterocycles. The lowest BCUT2D eigenvalue weighted by atomic mass is 10.1. The lowest BCUT2D eigenvalue weighted by molar-refractivity contribution is 0.0951. The van der Waals surface area contributed by atoms with E-state index in [-0.39, 0.29) is 12.5 Å². The summed E-state index contributed by atoms with van der Waals surface area (Å²) in [6, 6.07) is 22.4. The van der Waals surface area contributed by atoms with Gasteiger partial charge in [0.1, 0.15) is 6.07 Å². The van der Waals surface area contributed by atoms with Crippen LogP contribution in [0, 0.1) is 11.3 Å². The van der Waals surface area contributed by atoms with Crippen molar-refractivity contribution < 1.29 is 9.59 Å². The second kappa shape index (κ2) is 8.85. The first-order valence-corrected chi connectivity index (χ1v) is 8.88. The van der Waals surface area contributed by atoms with Gasteiger partial charge in [-0.25, -0.2) is 0 Å². The first kappa shape index (κ1) is 19.2. The minimum Gasteiger partial charge on any atom is -0.348 e. The van der Waals surface area contributed by atoms with E-state index in [2.05, 4.69) is 10.6 Å². The Morgan fingerprint density at radius 2 is 1.57 bits per heavy atom. The number of para-hydroxylation sites is 1. The molecule has 3 aromatic carbocycles. The summed E-state index contributed by atoms with van der Waals surface area (Å²) in [7, 11) is 0. The van der Waals surface area contributed by atoms with Gasteiger partial charge >= 0.3 is 0 Å². The Hall–Kier alpha value is -3.62. The Bertz CT molecular complexity index is 1070. The molecule has 3 aromatic rings. The van der Waals surface area contributed by atoms with Crippen molar-refractivity contribution in [3.05, 3.63) is 100 Å². The third-order valence-electron chi connectivity index (χ3n) is 4.08. The van der Waals surface area contributed by atoms with E-state index in [4.69, 9.17) is 16.9 Å². The fraction of sp³-hybridized carbons (Fsp3) is 0.0455. The summed E-state index contributed by atoms with van der Waals surface area (Å²) in [5.74, 6) is -0.713. The number of carbonyl (C=O) groups is 2. The molecular weight excluding hydrogens is 374 g/mol. The molecule has 2 N–H and O–H groups in total. The van der Waals surface area contributed by atoms with Crippen LogP contribution in [0.25, 0.3) is 0 Å². The molecule has 3 rings (SSSR count). The van der Waals surface area contributed by atoms with Crippen LogP contribution in [0.2, 0.25) is 5.02 Å². The van der Waals surface area contributed by atoms with Crippen LogP contribution in [0.3, 0.4) is 0 Å². The molecule has 0 unspecified atom stereocenters. The summed E-state index contributed by atoms with van der Waals surface area (Å²) < 4.78 is 0. The molecule has 2 amide bonds. The zero-order chi connectivity index (χ0) is 19.9. The van der Waals surface area contributed by atoms with Gasteiger partial charge < -0.3 is 10.6 Å². The topological polar surface area (TPSA) is 82.0 Å². The van der Waals surface area contributed by atoms with Crippen molar-refractivity contribution in [1.82, 2.24) is 5.32 Å². The number of rotatable bonds is 5. The zero-order valence-corrected chi connectivity index (χ0v) is 15.5. The van der Waals surface area contributed by atoms with Gasteiger partial charge in [-0.05, 0) is 42.0 Å². The van der Waals surface area contributed by atoms with Gasteiger partial charge in [-0.2, -0.15) is 5.26 Å². The van der Waals surface area contributed by atoms with Crippen molar-refractivity contribution in [2.75, 3.05) is 5.32 Å². The van der Waals surface area contributed by atoms with Gasteiger partial charge in [-0.1, -0.05) is 48.0 Å². The normalized spacial score (nSPS) is 10.0. The molecule has 138 valence electrons. The lowest BCUT2D eigenvalue weighted by Gasteiger charge is -2.09. The molecule has 5 nitrogen and oxygen atoms in total. The molecule has 0 saturated carbocycles. The number of halogens is 1. The van der Waals surface area contributed by atoms with Crippen molar-refractivity contribution in [2.24, 2.45) is 0 Å². The highest BCUT2D eigenvalue weighted by atomic mass is 35.5. The van der Waals surface area contributed by atoms with Crippen LogP contribution in [0.5, 0.6) is 0 Å². The first-order chi connectivity index (χ1) is 13.6. The molecule has 28 heavy (non-hydrogen) atoms. The number of carbonyl (C=O) groups excluding carboxylic acids is 2. The number of hydrogen-bond acceptors (Lipinski definition) is 3. The molecule has 0 aliphatic heterocycles. The van der Waals surface area contributed by atoms with Crippen molar-refractivity contribution >= 4 is 29.1 Å². The van der Waals surface area contributed by atoms with E-state index in [0.29, 0.717) is 27.4 Å². The Labute approximate surface area is 167 Å². The molecule has 0 radical (unpaired) electrons. The van der Waals surface area contributed by atoms with Crippen LogP contribution in [0.4, 0.5) is 5.69 Å². The largest absolute Gasteiger partial charge is 0.348 e. The summed E-state index contributed by atoms with van der Waals surface area (Å²) in [5, 5.41) is 15.2. The second-order valence-electron chi connectivity index (χ2n) is 5.97. The van der Waals surface area contributed by atoms with Crippen LogP contribution in [0.15, 0.2) is 72.8 Å². The Morgan fingerprint density at radius 1 is 0.893 bits per heavy atom. The van der Waals surface area contributed by atoms with Crippen molar-refractivity contribution in [3.8, 4) is 6.07 Å². The molecular formula is C22H16ClN3O2. The van der Waals surface area contributed by atoms with E-state index in [9.17, 15) is 9.59 Å². The summed E-state index contributed by atoms with van der Waals surface area (Å²) in [6.45, 7) is 0.282. The summed E-state index contributed by atoms with van der Waals surface area (Å²) in [5.41, 5.74) is 2.26. The second-order valence-corrected chi connectivity index (χ2v) is 6.37. The van der Waals surface area contributed by atoms with E-state index < -0.39 is 5.91 Å². The predicted octanol–water partition coefficient (Wildman–Crippen LogP) is 4.39. The fourth-order valence-electron chi connectivity index (χ4n) is 2.61. The highest BCUT2D eigenvalue weighted by Gasteiger charge is 2.12. The monoisotopic (exact) mass is 389 g/mol. The molecule has 6 heteroatoms. The summed E-state index contributed by atoms with van der Waals surface area (Å²) >= 11 is 6.10.